The number of nitrogens with one attached hydrogen (secondary N) is 2. The molecule has 0 spiro atoms. The number of halogens is 1. The molecule has 0 saturated carbocycles. The molecule has 2 N–H and O–H groups in total. The predicted octanol–water partition coefficient (Wildman–Crippen LogP) is 5.08. The van der Waals surface area contributed by atoms with E-state index in [1.165, 1.54) is 18.2 Å². The van der Waals surface area contributed by atoms with E-state index in [9.17, 15) is 12.8 Å². The monoisotopic (exact) mass is 380 g/mol. The van der Waals surface area contributed by atoms with Crippen LogP contribution in [-0.2, 0) is 10.0 Å². The smallest absolute Gasteiger partial charge is 0.261 e. The maximum absolute atomic E-state index is 13.1. The lowest BCUT2D eigenvalue weighted by Gasteiger charge is -2.10. The van der Waals surface area contributed by atoms with Crippen LogP contribution >= 0.6 is 0 Å². The van der Waals surface area contributed by atoms with Crippen LogP contribution in [0.2, 0.25) is 0 Å². The number of rotatable bonds is 4. The molecule has 3 aromatic carbocycles. The third-order valence-electron chi connectivity index (χ3n) is 4.33. The molecule has 27 heavy (non-hydrogen) atoms. The van der Waals surface area contributed by atoms with E-state index in [1.54, 1.807) is 42.5 Å². The first-order valence-electron chi connectivity index (χ1n) is 8.39. The van der Waals surface area contributed by atoms with Gasteiger partial charge in [-0.15, -0.1) is 0 Å². The van der Waals surface area contributed by atoms with E-state index in [1.807, 2.05) is 19.1 Å². The number of hydrogen-bond acceptors (Lipinski definition) is 2. The minimum atomic E-state index is -3.75. The SMILES string of the molecule is Cc1cc2ccc(NS(=O)(=O)c3cccc(-c4ccc(F)cc4)c3)cc2[nH]1. The second kappa shape index (κ2) is 6.55. The lowest BCUT2D eigenvalue weighted by atomic mass is 10.1. The Morgan fingerprint density at radius 1 is 0.889 bits per heavy atom. The second-order valence-corrected chi connectivity index (χ2v) is 8.08. The summed E-state index contributed by atoms with van der Waals surface area (Å²) in [6, 6.07) is 19.9. The first-order valence-corrected chi connectivity index (χ1v) is 9.87. The average Bonchev–Trinajstić information content (AvgIpc) is 3.01. The first kappa shape index (κ1) is 17.3. The summed E-state index contributed by atoms with van der Waals surface area (Å²) < 4.78 is 41.3. The number of H-pyrrole nitrogens is 1. The zero-order chi connectivity index (χ0) is 19.0. The van der Waals surface area contributed by atoms with Crippen molar-refractivity contribution < 1.29 is 12.8 Å². The van der Waals surface area contributed by atoms with Crippen LogP contribution < -0.4 is 4.72 Å². The Hall–Kier alpha value is -3.12. The molecule has 0 aliphatic heterocycles. The molecule has 1 aromatic heterocycles. The highest BCUT2D eigenvalue weighted by molar-refractivity contribution is 7.92. The van der Waals surface area contributed by atoms with Crippen LogP contribution in [0.15, 0.2) is 77.7 Å². The summed E-state index contributed by atoms with van der Waals surface area (Å²) in [7, 11) is -3.75. The molecular formula is C21H17FN2O2S. The van der Waals surface area contributed by atoms with Crippen molar-refractivity contribution in [1.29, 1.82) is 0 Å². The highest BCUT2D eigenvalue weighted by Gasteiger charge is 2.15. The van der Waals surface area contributed by atoms with E-state index < -0.39 is 10.0 Å². The van der Waals surface area contributed by atoms with Gasteiger partial charge in [-0.3, -0.25) is 4.72 Å². The van der Waals surface area contributed by atoms with Crippen LogP contribution in [0.3, 0.4) is 0 Å². The van der Waals surface area contributed by atoms with Gasteiger partial charge in [-0.1, -0.05) is 30.3 Å². The quantitative estimate of drug-likeness (QED) is 0.518. The summed E-state index contributed by atoms with van der Waals surface area (Å²) >= 11 is 0. The highest BCUT2D eigenvalue weighted by Crippen LogP contribution is 2.25. The minimum absolute atomic E-state index is 0.145. The lowest BCUT2D eigenvalue weighted by Crippen LogP contribution is -2.12. The van der Waals surface area contributed by atoms with E-state index in [-0.39, 0.29) is 10.7 Å². The van der Waals surface area contributed by atoms with Gasteiger partial charge in [-0.2, -0.15) is 0 Å². The molecule has 6 heteroatoms. The van der Waals surface area contributed by atoms with Crippen molar-refractivity contribution in [1.82, 2.24) is 4.98 Å². The van der Waals surface area contributed by atoms with Gasteiger partial charge >= 0.3 is 0 Å². The molecule has 0 aliphatic carbocycles. The van der Waals surface area contributed by atoms with Crippen molar-refractivity contribution in [2.24, 2.45) is 0 Å². The van der Waals surface area contributed by atoms with Crippen LogP contribution in [-0.4, -0.2) is 13.4 Å². The standard InChI is InChI=1S/C21H17FN2O2S/c1-14-11-17-7-10-19(13-21(17)23-14)24-27(25,26)20-4-2-3-16(12-20)15-5-8-18(22)9-6-15/h2-13,23-24H,1H3. The van der Waals surface area contributed by atoms with Crippen LogP contribution in [0, 0.1) is 12.7 Å². The molecule has 0 bridgehead atoms. The number of anilines is 1. The topological polar surface area (TPSA) is 62.0 Å². The van der Waals surface area contributed by atoms with Crippen LogP contribution in [0.5, 0.6) is 0 Å². The lowest BCUT2D eigenvalue weighted by molar-refractivity contribution is 0.601. The van der Waals surface area contributed by atoms with E-state index in [2.05, 4.69) is 9.71 Å². The molecule has 0 radical (unpaired) electrons. The van der Waals surface area contributed by atoms with Gasteiger partial charge in [0, 0.05) is 11.2 Å². The predicted molar refractivity (Wildman–Crippen MR) is 106 cm³/mol. The fourth-order valence-electron chi connectivity index (χ4n) is 3.03. The van der Waals surface area contributed by atoms with E-state index >= 15 is 0 Å². The Morgan fingerprint density at radius 2 is 1.67 bits per heavy atom. The van der Waals surface area contributed by atoms with Crippen molar-refractivity contribution in [3.63, 3.8) is 0 Å². The molecule has 136 valence electrons. The molecule has 0 aliphatic rings. The maximum Gasteiger partial charge on any atom is 0.261 e. The molecule has 0 unspecified atom stereocenters. The Bertz CT molecular complexity index is 1230. The molecule has 0 amide bonds. The second-order valence-electron chi connectivity index (χ2n) is 6.39. The molecule has 1 heterocycles. The zero-order valence-corrected chi connectivity index (χ0v) is 15.3. The van der Waals surface area contributed by atoms with E-state index in [4.69, 9.17) is 0 Å². The summed E-state index contributed by atoms with van der Waals surface area (Å²) in [4.78, 5) is 3.34. The third-order valence-corrected chi connectivity index (χ3v) is 5.71. The fraction of sp³-hybridized carbons (Fsp3) is 0.0476. The summed E-state index contributed by atoms with van der Waals surface area (Å²) in [6.07, 6.45) is 0. The Balaban J connectivity index is 1.66. The van der Waals surface area contributed by atoms with Gasteiger partial charge < -0.3 is 4.98 Å². The summed E-state index contributed by atoms with van der Waals surface area (Å²) in [5, 5.41) is 1.02. The van der Waals surface area contributed by atoms with E-state index in [0.717, 1.165) is 22.2 Å². The van der Waals surface area contributed by atoms with Gasteiger partial charge in [-0.05, 0) is 65.9 Å². The number of aryl methyl sites for hydroxylation is 1. The molecule has 0 saturated heterocycles. The number of fused-ring (bicyclic) bond motifs is 1. The van der Waals surface area contributed by atoms with Gasteiger partial charge in [-0.25, -0.2) is 12.8 Å². The van der Waals surface area contributed by atoms with Crippen LogP contribution in [0.25, 0.3) is 22.0 Å². The molecule has 4 rings (SSSR count). The maximum atomic E-state index is 13.1. The summed E-state index contributed by atoms with van der Waals surface area (Å²) in [6.45, 7) is 1.95. The number of aromatic amines is 1. The Labute approximate surface area is 156 Å². The Morgan fingerprint density at radius 3 is 2.44 bits per heavy atom. The zero-order valence-electron chi connectivity index (χ0n) is 14.5. The summed E-state index contributed by atoms with van der Waals surface area (Å²) in [5.41, 5.74) is 3.81. The average molecular weight is 380 g/mol. The first-order chi connectivity index (χ1) is 12.9. The fourth-order valence-corrected chi connectivity index (χ4v) is 4.13. The van der Waals surface area contributed by atoms with Crippen molar-refractivity contribution in [3.05, 3.63) is 84.3 Å². The van der Waals surface area contributed by atoms with Crippen molar-refractivity contribution >= 4 is 26.6 Å². The van der Waals surface area contributed by atoms with Crippen molar-refractivity contribution in [2.45, 2.75) is 11.8 Å². The van der Waals surface area contributed by atoms with Crippen molar-refractivity contribution in [2.75, 3.05) is 4.72 Å². The molecular weight excluding hydrogens is 363 g/mol. The van der Waals surface area contributed by atoms with Gasteiger partial charge in [0.25, 0.3) is 10.0 Å². The van der Waals surface area contributed by atoms with Crippen molar-refractivity contribution in [3.8, 4) is 11.1 Å². The molecule has 4 nitrogen and oxygen atoms in total. The number of hydrogen-bond donors (Lipinski definition) is 2. The van der Waals surface area contributed by atoms with Gasteiger partial charge in [0.1, 0.15) is 5.82 Å². The van der Waals surface area contributed by atoms with E-state index in [0.29, 0.717) is 11.3 Å². The van der Waals surface area contributed by atoms with Crippen LogP contribution in [0.1, 0.15) is 5.69 Å². The van der Waals surface area contributed by atoms with Gasteiger partial charge in [0.2, 0.25) is 0 Å². The molecule has 0 fully saturated rings. The third kappa shape index (κ3) is 3.57. The number of benzene rings is 3. The van der Waals surface area contributed by atoms with Gasteiger partial charge in [0.15, 0.2) is 0 Å². The highest BCUT2D eigenvalue weighted by atomic mass is 32.2. The normalized spacial score (nSPS) is 11.6. The molecule has 0 atom stereocenters. The summed E-state index contributed by atoms with van der Waals surface area (Å²) in [5.74, 6) is -0.334. The number of sulfonamides is 1. The largest absolute Gasteiger partial charge is 0.359 e. The van der Waals surface area contributed by atoms with Gasteiger partial charge in [0.05, 0.1) is 10.6 Å². The van der Waals surface area contributed by atoms with Crippen LogP contribution in [0.4, 0.5) is 10.1 Å². The Kier molecular flexibility index (Phi) is 4.20. The minimum Gasteiger partial charge on any atom is -0.359 e. The number of aromatic nitrogens is 1. The molecule has 4 aromatic rings.